The molecule has 7 nitrogen and oxygen atoms in total. The first kappa shape index (κ1) is 20.5. The largest absolute Gasteiger partial charge is 0.356 e. The van der Waals surface area contributed by atoms with Crippen molar-refractivity contribution in [2.45, 2.75) is 65.0 Å². The molecule has 0 radical (unpaired) electrons. The Balaban J connectivity index is 1.63. The Morgan fingerprint density at radius 1 is 1.20 bits per heavy atom. The van der Waals surface area contributed by atoms with Crippen molar-refractivity contribution in [3.05, 3.63) is 45.2 Å². The Morgan fingerprint density at radius 3 is 2.60 bits per heavy atom. The van der Waals surface area contributed by atoms with E-state index in [2.05, 4.69) is 15.6 Å². The summed E-state index contributed by atoms with van der Waals surface area (Å²) in [7, 11) is 0. The lowest BCUT2D eigenvalue weighted by Crippen LogP contribution is -2.39. The Hall–Kier alpha value is -2.74. The third-order valence-corrected chi connectivity index (χ3v) is 6.39. The van der Waals surface area contributed by atoms with E-state index in [0.717, 1.165) is 41.1 Å². The summed E-state index contributed by atoms with van der Waals surface area (Å²) in [6.07, 6.45) is 6.71. The SMILES string of the molecule is Cc1cc(-c2cc(=O)n(CC(=O)NC3CCCCCC3)nc2-c2ccc(C)s2)on1. The Morgan fingerprint density at radius 2 is 1.97 bits per heavy atom. The number of nitrogens with one attached hydrogen (secondary N) is 1. The van der Waals surface area contributed by atoms with Crippen LogP contribution in [0.3, 0.4) is 0 Å². The zero-order chi connectivity index (χ0) is 21.1. The van der Waals surface area contributed by atoms with Crippen LogP contribution >= 0.6 is 11.3 Å². The third kappa shape index (κ3) is 4.70. The van der Waals surface area contributed by atoms with E-state index in [1.807, 2.05) is 26.0 Å². The van der Waals surface area contributed by atoms with Crippen molar-refractivity contribution in [3.8, 4) is 21.9 Å². The van der Waals surface area contributed by atoms with Gasteiger partial charge in [-0.3, -0.25) is 9.59 Å². The number of carbonyl (C=O) groups excluding carboxylic acids is 1. The second-order valence-corrected chi connectivity index (χ2v) is 9.19. The van der Waals surface area contributed by atoms with Gasteiger partial charge < -0.3 is 9.84 Å². The molecule has 4 rings (SSSR count). The number of hydrogen-bond donors (Lipinski definition) is 1. The fraction of sp³-hybridized carbons (Fsp3) is 0.455. The molecule has 1 saturated carbocycles. The van der Waals surface area contributed by atoms with Gasteiger partial charge in [-0.25, -0.2) is 4.68 Å². The van der Waals surface area contributed by atoms with Crippen LogP contribution in [0.5, 0.6) is 0 Å². The van der Waals surface area contributed by atoms with Crippen molar-refractivity contribution in [3.63, 3.8) is 0 Å². The monoisotopic (exact) mass is 426 g/mol. The molecular weight excluding hydrogens is 400 g/mol. The number of amides is 1. The van der Waals surface area contributed by atoms with Gasteiger partial charge in [0.05, 0.1) is 16.1 Å². The first-order valence-electron chi connectivity index (χ1n) is 10.4. The maximum atomic E-state index is 12.8. The molecule has 1 amide bonds. The molecule has 0 atom stereocenters. The van der Waals surface area contributed by atoms with Crippen molar-refractivity contribution in [2.24, 2.45) is 0 Å². The first-order valence-corrected chi connectivity index (χ1v) is 11.2. The summed E-state index contributed by atoms with van der Waals surface area (Å²) in [5, 5.41) is 11.6. The summed E-state index contributed by atoms with van der Waals surface area (Å²) in [6.45, 7) is 3.75. The summed E-state index contributed by atoms with van der Waals surface area (Å²) < 4.78 is 6.63. The summed E-state index contributed by atoms with van der Waals surface area (Å²) in [6, 6.07) is 7.42. The molecular formula is C22H26N4O3S. The van der Waals surface area contributed by atoms with E-state index in [4.69, 9.17) is 4.52 Å². The molecule has 1 aliphatic carbocycles. The molecule has 0 spiro atoms. The maximum Gasteiger partial charge on any atom is 0.268 e. The molecule has 158 valence electrons. The van der Waals surface area contributed by atoms with E-state index in [0.29, 0.717) is 17.0 Å². The Kier molecular flexibility index (Phi) is 6.13. The highest BCUT2D eigenvalue weighted by molar-refractivity contribution is 7.15. The standard InChI is InChI=1S/C22H26N4O3S/c1-14-11-18(29-25-14)17-12-21(28)26(24-22(17)19-10-9-15(2)30-19)13-20(27)23-16-7-5-3-4-6-8-16/h9-12,16H,3-8,13H2,1-2H3,(H,23,27). The molecule has 0 aliphatic heterocycles. The van der Waals surface area contributed by atoms with Gasteiger partial charge in [0.1, 0.15) is 12.2 Å². The van der Waals surface area contributed by atoms with Gasteiger partial charge in [-0.05, 0) is 38.8 Å². The zero-order valence-electron chi connectivity index (χ0n) is 17.3. The second kappa shape index (κ2) is 8.95. The summed E-state index contributed by atoms with van der Waals surface area (Å²) in [4.78, 5) is 27.4. The number of thiophene rings is 1. The van der Waals surface area contributed by atoms with Gasteiger partial charge in [-0.2, -0.15) is 5.10 Å². The molecule has 1 N–H and O–H groups in total. The topological polar surface area (TPSA) is 90.0 Å². The van der Waals surface area contributed by atoms with E-state index >= 15 is 0 Å². The molecule has 30 heavy (non-hydrogen) atoms. The van der Waals surface area contributed by atoms with Crippen LogP contribution in [-0.4, -0.2) is 26.9 Å². The average molecular weight is 427 g/mol. The van der Waals surface area contributed by atoms with E-state index in [9.17, 15) is 9.59 Å². The van der Waals surface area contributed by atoms with Crippen molar-refractivity contribution >= 4 is 17.2 Å². The lowest BCUT2D eigenvalue weighted by Gasteiger charge is -2.16. The number of carbonyl (C=O) groups is 1. The minimum Gasteiger partial charge on any atom is -0.356 e. The Labute approximate surface area is 179 Å². The fourth-order valence-corrected chi connectivity index (χ4v) is 4.73. The fourth-order valence-electron chi connectivity index (χ4n) is 3.86. The highest BCUT2D eigenvalue weighted by atomic mass is 32.1. The van der Waals surface area contributed by atoms with Gasteiger partial charge >= 0.3 is 0 Å². The molecule has 3 aromatic heterocycles. The van der Waals surface area contributed by atoms with Crippen LogP contribution in [0.4, 0.5) is 0 Å². The van der Waals surface area contributed by atoms with Crippen molar-refractivity contribution in [1.29, 1.82) is 0 Å². The number of rotatable bonds is 5. The average Bonchev–Trinajstić information content (AvgIpc) is 3.25. The quantitative estimate of drug-likeness (QED) is 0.621. The minimum atomic E-state index is -0.341. The Bertz CT molecular complexity index is 1090. The molecule has 3 heterocycles. The van der Waals surface area contributed by atoms with Crippen LogP contribution in [0, 0.1) is 13.8 Å². The van der Waals surface area contributed by atoms with E-state index < -0.39 is 0 Å². The van der Waals surface area contributed by atoms with Crippen LogP contribution in [0.15, 0.2) is 33.6 Å². The van der Waals surface area contributed by atoms with Crippen LogP contribution in [0.1, 0.15) is 49.1 Å². The van der Waals surface area contributed by atoms with Crippen LogP contribution in [-0.2, 0) is 11.3 Å². The molecule has 8 heteroatoms. The van der Waals surface area contributed by atoms with E-state index in [1.54, 1.807) is 17.4 Å². The number of aryl methyl sites for hydroxylation is 2. The van der Waals surface area contributed by atoms with Crippen LogP contribution in [0.2, 0.25) is 0 Å². The normalized spacial score (nSPS) is 15.1. The van der Waals surface area contributed by atoms with Gasteiger partial charge in [-0.1, -0.05) is 30.8 Å². The zero-order valence-corrected chi connectivity index (χ0v) is 18.1. The minimum absolute atomic E-state index is 0.0948. The predicted octanol–water partition coefficient (Wildman–Crippen LogP) is 4.08. The predicted molar refractivity (Wildman–Crippen MR) is 116 cm³/mol. The van der Waals surface area contributed by atoms with Crippen molar-refractivity contribution in [2.75, 3.05) is 0 Å². The summed E-state index contributed by atoms with van der Waals surface area (Å²) >= 11 is 1.58. The second-order valence-electron chi connectivity index (χ2n) is 7.90. The van der Waals surface area contributed by atoms with Crippen LogP contribution < -0.4 is 10.9 Å². The van der Waals surface area contributed by atoms with Crippen molar-refractivity contribution < 1.29 is 9.32 Å². The van der Waals surface area contributed by atoms with Crippen molar-refractivity contribution in [1.82, 2.24) is 20.3 Å². The highest BCUT2D eigenvalue weighted by Gasteiger charge is 2.20. The van der Waals surface area contributed by atoms with E-state index in [-0.39, 0.29) is 24.1 Å². The maximum absolute atomic E-state index is 12.8. The van der Waals surface area contributed by atoms with E-state index in [1.165, 1.54) is 23.6 Å². The molecule has 3 aromatic rings. The molecule has 1 fully saturated rings. The summed E-state index contributed by atoms with van der Waals surface area (Å²) in [5.41, 5.74) is 1.59. The molecule has 0 bridgehead atoms. The van der Waals surface area contributed by atoms with Gasteiger partial charge in [0, 0.05) is 23.1 Å². The smallest absolute Gasteiger partial charge is 0.268 e. The number of aromatic nitrogens is 3. The number of hydrogen-bond acceptors (Lipinski definition) is 6. The van der Waals surface area contributed by atoms with Gasteiger partial charge in [0.15, 0.2) is 5.76 Å². The molecule has 1 aliphatic rings. The lowest BCUT2D eigenvalue weighted by atomic mass is 10.1. The highest BCUT2D eigenvalue weighted by Crippen LogP contribution is 2.33. The third-order valence-electron chi connectivity index (χ3n) is 5.38. The number of nitrogens with zero attached hydrogens (tertiary/aromatic N) is 3. The van der Waals surface area contributed by atoms with Crippen LogP contribution in [0.25, 0.3) is 21.9 Å². The summed E-state index contributed by atoms with van der Waals surface area (Å²) in [5.74, 6) is 0.321. The first-order chi connectivity index (χ1) is 14.5. The van der Waals surface area contributed by atoms with Gasteiger partial charge in [0.25, 0.3) is 5.56 Å². The molecule has 0 aromatic carbocycles. The molecule has 0 saturated heterocycles. The lowest BCUT2D eigenvalue weighted by molar-refractivity contribution is -0.122. The van der Waals surface area contributed by atoms with Gasteiger partial charge in [-0.15, -0.1) is 11.3 Å². The van der Waals surface area contributed by atoms with Gasteiger partial charge in [0.2, 0.25) is 5.91 Å². The molecule has 0 unspecified atom stereocenters.